The molecule has 0 N–H and O–H groups in total. The minimum atomic E-state index is 0.0535. The lowest BCUT2D eigenvalue weighted by molar-refractivity contribution is -0.153. The standard InChI is InChI=1S/C22H27Cl2N5O3/c23-16-4-3-15(9-17(16)24)10-21(30)29-8-7-28(11-20-25-14-32-26-20)19-13-31-12-18(22(19)29)27-5-1-2-6-27/h3-4,9,14,18-19,22H,1-2,5-8,10-13H2/t18-,19+,22+/m0/s1. The highest BCUT2D eigenvalue weighted by Gasteiger charge is 2.48. The monoisotopic (exact) mass is 479 g/mol. The first kappa shape index (κ1) is 22.1. The molecular formula is C22H27Cl2N5O3. The zero-order valence-electron chi connectivity index (χ0n) is 17.8. The maximum atomic E-state index is 13.5. The molecule has 0 radical (unpaired) electrons. The molecule has 2 aromatic rings. The molecule has 1 aromatic carbocycles. The van der Waals surface area contributed by atoms with Gasteiger partial charge < -0.3 is 14.2 Å². The Kier molecular flexibility index (Phi) is 6.66. The van der Waals surface area contributed by atoms with Gasteiger partial charge in [0.25, 0.3) is 0 Å². The molecule has 10 heteroatoms. The summed E-state index contributed by atoms with van der Waals surface area (Å²) < 4.78 is 11.0. The smallest absolute Gasteiger partial charge is 0.227 e. The van der Waals surface area contributed by atoms with Crippen LogP contribution in [-0.4, -0.2) is 88.3 Å². The number of hydrogen-bond acceptors (Lipinski definition) is 7. The van der Waals surface area contributed by atoms with E-state index in [4.69, 9.17) is 32.5 Å². The predicted octanol–water partition coefficient (Wildman–Crippen LogP) is 2.50. The zero-order chi connectivity index (χ0) is 22.1. The van der Waals surface area contributed by atoms with Crippen molar-refractivity contribution in [2.24, 2.45) is 0 Å². The van der Waals surface area contributed by atoms with Crippen LogP contribution in [0.4, 0.5) is 0 Å². The van der Waals surface area contributed by atoms with Crippen LogP contribution in [0.2, 0.25) is 10.0 Å². The molecular weight excluding hydrogens is 453 g/mol. The first-order valence-electron chi connectivity index (χ1n) is 11.1. The second-order valence-corrected chi connectivity index (χ2v) is 9.55. The third-order valence-electron chi connectivity index (χ3n) is 6.84. The Bertz CT molecular complexity index is 938. The van der Waals surface area contributed by atoms with E-state index in [2.05, 4.69) is 24.8 Å². The van der Waals surface area contributed by atoms with E-state index < -0.39 is 0 Å². The fourth-order valence-corrected chi connectivity index (χ4v) is 5.62. The molecule has 1 aromatic heterocycles. The van der Waals surface area contributed by atoms with Gasteiger partial charge >= 0.3 is 0 Å². The van der Waals surface area contributed by atoms with Gasteiger partial charge in [-0.25, -0.2) is 0 Å². The van der Waals surface area contributed by atoms with Gasteiger partial charge in [0, 0.05) is 13.1 Å². The average Bonchev–Trinajstić information content (AvgIpc) is 3.50. The predicted molar refractivity (Wildman–Crippen MR) is 120 cm³/mol. The summed E-state index contributed by atoms with van der Waals surface area (Å²) in [5.41, 5.74) is 0.875. The highest BCUT2D eigenvalue weighted by Crippen LogP contribution is 2.31. The average molecular weight is 480 g/mol. The van der Waals surface area contributed by atoms with Crippen molar-refractivity contribution in [1.82, 2.24) is 24.8 Å². The van der Waals surface area contributed by atoms with Crippen LogP contribution in [0.1, 0.15) is 24.2 Å². The van der Waals surface area contributed by atoms with Crippen LogP contribution in [0.25, 0.3) is 0 Å². The summed E-state index contributed by atoms with van der Waals surface area (Å²) in [7, 11) is 0. The van der Waals surface area contributed by atoms with Gasteiger partial charge in [0.05, 0.1) is 54.4 Å². The maximum Gasteiger partial charge on any atom is 0.227 e. The minimum Gasteiger partial charge on any atom is -0.378 e. The summed E-state index contributed by atoms with van der Waals surface area (Å²) in [5.74, 6) is 0.770. The van der Waals surface area contributed by atoms with Gasteiger partial charge in [-0.05, 0) is 43.6 Å². The number of carbonyl (C=O) groups is 1. The molecule has 3 aliphatic rings. The summed E-state index contributed by atoms with van der Waals surface area (Å²) in [6.07, 6.45) is 4.04. The van der Waals surface area contributed by atoms with Crippen LogP contribution in [0, 0.1) is 0 Å². The molecule has 5 rings (SSSR count). The number of carbonyl (C=O) groups excluding carboxylic acids is 1. The number of nitrogens with zero attached hydrogens (tertiary/aromatic N) is 5. The van der Waals surface area contributed by atoms with Gasteiger partial charge in [-0.15, -0.1) is 0 Å². The molecule has 172 valence electrons. The topological polar surface area (TPSA) is 74.9 Å². The van der Waals surface area contributed by atoms with E-state index in [1.54, 1.807) is 12.1 Å². The van der Waals surface area contributed by atoms with Gasteiger partial charge in [-0.3, -0.25) is 14.6 Å². The van der Waals surface area contributed by atoms with Gasteiger partial charge in [0.15, 0.2) is 5.82 Å². The molecule has 3 atom stereocenters. The fourth-order valence-electron chi connectivity index (χ4n) is 5.30. The third kappa shape index (κ3) is 4.52. The lowest BCUT2D eigenvalue weighted by Crippen LogP contribution is -2.71. The van der Waals surface area contributed by atoms with E-state index in [0.717, 1.165) is 25.2 Å². The number of fused-ring (bicyclic) bond motifs is 1. The number of rotatable bonds is 5. The zero-order valence-corrected chi connectivity index (χ0v) is 19.3. The molecule has 1 amide bonds. The summed E-state index contributed by atoms with van der Waals surface area (Å²) in [4.78, 5) is 24.6. The Hall–Kier alpha value is -1.71. The van der Waals surface area contributed by atoms with Crippen molar-refractivity contribution in [1.29, 1.82) is 0 Å². The van der Waals surface area contributed by atoms with Crippen LogP contribution >= 0.6 is 23.2 Å². The van der Waals surface area contributed by atoms with Crippen LogP contribution in [0.3, 0.4) is 0 Å². The Morgan fingerprint density at radius 1 is 1.06 bits per heavy atom. The lowest BCUT2D eigenvalue weighted by Gasteiger charge is -2.54. The van der Waals surface area contributed by atoms with Crippen molar-refractivity contribution in [2.75, 3.05) is 39.4 Å². The van der Waals surface area contributed by atoms with Crippen LogP contribution in [-0.2, 0) is 22.5 Å². The van der Waals surface area contributed by atoms with E-state index >= 15 is 0 Å². The van der Waals surface area contributed by atoms with Gasteiger partial charge in [-0.2, -0.15) is 4.98 Å². The van der Waals surface area contributed by atoms with Crippen molar-refractivity contribution >= 4 is 29.1 Å². The summed E-state index contributed by atoms with van der Waals surface area (Å²) in [6, 6.07) is 5.73. The first-order chi connectivity index (χ1) is 15.6. The van der Waals surface area contributed by atoms with E-state index in [1.807, 2.05) is 6.07 Å². The molecule has 0 saturated carbocycles. The second kappa shape index (κ2) is 9.65. The number of benzene rings is 1. The van der Waals surface area contributed by atoms with Gasteiger partial charge in [0.2, 0.25) is 12.3 Å². The van der Waals surface area contributed by atoms with E-state index in [0.29, 0.717) is 48.6 Å². The quantitative estimate of drug-likeness (QED) is 0.651. The van der Waals surface area contributed by atoms with E-state index in [-0.39, 0.29) is 24.0 Å². The number of aromatic nitrogens is 2. The number of ether oxygens (including phenoxy) is 1. The van der Waals surface area contributed by atoms with Gasteiger partial charge in [0.1, 0.15) is 0 Å². The van der Waals surface area contributed by atoms with Crippen LogP contribution in [0.15, 0.2) is 29.1 Å². The normalized spacial score (nSPS) is 26.9. The van der Waals surface area contributed by atoms with Crippen LogP contribution in [0.5, 0.6) is 0 Å². The fraction of sp³-hybridized carbons (Fsp3) is 0.591. The first-order valence-corrected chi connectivity index (χ1v) is 11.9. The number of hydrogen-bond donors (Lipinski definition) is 0. The highest BCUT2D eigenvalue weighted by molar-refractivity contribution is 6.42. The number of piperazine rings is 1. The SMILES string of the molecule is O=C(Cc1ccc(Cl)c(Cl)c1)N1CCN(Cc2ncon2)[C@@H]2COC[C@H](N3CCCC3)[C@H]21. The summed E-state index contributed by atoms with van der Waals surface area (Å²) >= 11 is 12.2. The molecule has 3 saturated heterocycles. The minimum absolute atomic E-state index is 0.0535. The van der Waals surface area contributed by atoms with Crippen molar-refractivity contribution in [2.45, 2.75) is 43.9 Å². The summed E-state index contributed by atoms with van der Waals surface area (Å²) in [6.45, 7) is 5.32. The molecule has 0 spiro atoms. The Morgan fingerprint density at radius 3 is 2.62 bits per heavy atom. The molecule has 4 heterocycles. The molecule has 0 bridgehead atoms. The van der Waals surface area contributed by atoms with Crippen molar-refractivity contribution < 1.29 is 14.1 Å². The summed E-state index contributed by atoms with van der Waals surface area (Å²) in [5, 5.41) is 4.96. The molecule has 32 heavy (non-hydrogen) atoms. The van der Waals surface area contributed by atoms with E-state index in [9.17, 15) is 4.79 Å². The molecule has 3 aliphatic heterocycles. The Morgan fingerprint density at radius 2 is 1.88 bits per heavy atom. The van der Waals surface area contributed by atoms with E-state index in [1.165, 1.54) is 19.2 Å². The number of likely N-dealkylation sites (tertiary alicyclic amines) is 1. The second-order valence-electron chi connectivity index (χ2n) is 8.74. The van der Waals surface area contributed by atoms with Gasteiger partial charge in [-0.1, -0.05) is 34.4 Å². The van der Waals surface area contributed by atoms with Crippen molar-refractivity contribution in [3.05, 3.63) is 46.0 Å². The maximum absolute atomic E-state index is 13.5. The number of halogens is 2. The van der Waals surface area contributed by atoms with Crippen molar-refractivity contribution in [3.8, 4) is 0 Å². The Balaban J connectivity index is 1.39. The third-order valence-corrected chi connectivity index (χ3v) is 7.58. The highest BCUT2D eigenvalue weighted by atomic mass is 35.5. The molecule has 8 nitrogen and oxygen atoms in total. The number of amides is 1. The largest absolute Gasteiger partial charge is 0.378 e. The Labute approximate surface area is 197 Å². The molecule has 3 fully saturated rings. The molecule has 0 unspecified atom stereocenters. The lowest BCUT2D eigenvalue weighted by atomic mass is 9.91. The van der Waals surface area contributed by atoms with Crippen molar-refractivity contribution in [3.63, 3.8) is 0 Å². The van der Waals surface area contributed by atoms with Crippen LogP contribution < -0.4 is 0 Å². The molecule has 0 aliphatic carbocycles.